The van der Waals surface area contributed by atoms with Crippen LogP contribution in [0.2, 0.25) is 5.02 Å². The zero-order chi connectivity index (χ0) is 28.2. The molecule has 5 heterocycles. The predicted octanol–water partition coefficient (Wildman–Crippen LogP) is 7.88. The fraction of sp³-hybridized carbons (Fsp3) is 0.138. The molecule has 0 aliphatic heterocycles. The zero-order valence-electron chi connectivity index (χ0n) is 22.4. The summed E-state index contributed by atoms with van der Waals surface area (Å²) in [6.45, 7) is 5.66. The summed E-state index contributed by atoms with van der Waals surface area (Å²) in [6.07, 6.45) is 3.12. The van der Waals surface area contributed by atoms with Crippen molar-refractivity contribution in [3.8, 4) is 39.0 Å². The molecule has 5 aromatic heterocycles. The average Bonchev–Trinajstić information content (AvgIpc) is 3.75. The normalized spacial score (nSPS) is 11.5. The van der Waals surface area contributed by atoms with Crippen LogP contribution in [0.4, 0.5) is 10.8 Å². The number of halogens is 1. The van der Waals surface area contributed by atoms with E-state index in [4.69, 9.17) is 40.2 Å². The van der Waals surface area contributed by atoms with Crippen molar-refractivity contribution < 1.29 is 13.7 Å². The molecule has 0 amide bonds. The number of hydrogen-bond acceptors (Lipinski definition) is 10. The number of methoxy groups -OCH3 is 1. The predicted molar refractivity (Wildman–Crippen MR) is 159 cm³/mol. The number of anilines is 2. The number of aromatic nitrogens is 6. The Kier molecular flexibility index (Phi) is 5.98. The van der Waals surface area contributed by atoms with Crippen molar-refractivity contribution in [2.45, 2.75) is 20.8 Å². The van der Waals surface area contributed by atoms with E-state index in [0.29, 0.717) is 39.0 Å². The number of thiazole rings is 1. The highest BCUT2D eigenvalue weighted by atomic mass is 35.5. The van der Waals surface area contributed by atoms with E-state index in [9.17, 15) is 0 Å². The lowest BCUT2D eigenvalue weighted by Crippen LogP contribution is -1.98. The number of hydrogen-bond donors (Lipinski definition) is 2. The molecule has 10 nitrogen and oxygen atoms in total. The number of rotatable bonds is 6. The molecule has 7 aromatic rings. The molecule has 2 N–H and O–H groups in total. The van der Waals surface area contributed by atoms with Gasteiger partial charge in [0.1, 0.15) is 45.8 Å². The molecule has 0 atom stereocenters. The molecule has 41 heavy (non-hydrogen) atoms. The van der Waals surface area contributed by atoms with E-state index in [1.807, 2.05) is 57.2 Å². The van der Waals surface area contributed by atoms with E-state index in [1.54, 1.807) is 13.3 Å². The first-order valence-electron chi connectivity index (χ1n) is 12.6. The molecular weight excluding hydrogens is 562 g/mol. The largest absolute Gasteiger partial charge is 0.496 e. The number of aromatic amines is 1. The Balaban J connectivity index is 1.42. The van der Waals surface area contributed by atoms with Crippen LogP contribution >= 0.6 is 22.9 Å². The minimum absolute atomic E-state index is 0.436. The summed E-state index contributed by atoms with van der Waals surface area (Å²) in [6, 6.07) is 11.5. The molecule has 2 aromatic carbocycles. The Morgan fingerprint density at radius 1 is 1.05 bits per heavy atom. The number of H-pyrrole nitrogens is 1. The SMILES string of the molecule is COc1cc2c(cc1-c1c(C)noc1C)[nH]c1nc(C)nc(Nc3sc(-c4ncco4)nc3-c3ccc(Cl)cc3)c12. The Labute approximate surface area is 242 Å². The molecule has 7 rings (SSSR count). The lowest BCUT2D eigenvalue weighted by Gasteiger charge is -2.10. The van der Waals surface area contributed by atoms with E-state index in [2.05, 4.69) is 20.4 Å². The monoisotopic (exact) mass is 583 g/mol. The molecule has 0 fully saturated rings. The molecule has 0 aliphatic rings. The van der Waals surface area contributed by atoms with E-state index >= 15 is 0 Å². The van der Waals surface area contributed by atoms with Crippen LogP contribution < -0.4 is 10.1 Å². The van der Waals surface area contributed by atoms with Gasteiger partial charge in [-0.05, 0) is 45.0 Å². The third-order valence-corrected chi connectivity index (χ3v) is 7.99. The number of aryl methyl sites for hydroxylation is 3. The number of benzene rings is 2. The second kappa shape index (κ2) is 9.72. The fourth-order valence-electron chi connectivity index (χ4n) is 4.99. The van der Waals surface area contributed by atoms with Crippen molar-refractivity contribution in [1.82, 2.24) is 30.1 Å². The second-order valence-corrected chi connectivity index (χ2v) is 10.9. The van der Waals surface area contributed by atoms with Crippen LogP contribution in [0.1, 0.15) is 17.3 Å². The van der Waals surface area contributed by atoms with Crippen molar-refractivity contribution in [3.05, 3.63) is 71.2 Å². The van der Waals surface area contributed by atoms with Crippen molar-refractivity contribution in [2.24, 2.45) is 0 Å². The first-order chi connectivity index (χ1) is 19.9. The maximum atomic E-state index is 6.17. The van der Waals surface area contributed by atoms with Crippen LogP contribution in [-0.4, -0.2) is 37.2 Å². The van der Waals surface area contributed by atoms with Crippen LogP contribution in [0.15, 0.2) is 57.8 Å². The summed E-state index contributed by atoms with van der Waals surface area (Å²) in [4.78, 5) is 22.1. The molecule has 0 unspecified atom stereocenters. The van der Waals surface area contributed by atoms with Gasteiger partial charge in [0.25, 0.3) is 5.89 Å². The molecule has 0 spiro atoms. The van der Waals surface area contributed by atoms with Gasteiger partial charge in [-0.1, -0.05) is 40.2 Å². The molecule has 0 bridgehead atoms. The second-order valence-electron chi connectivity index (χ2n) is 9.43. The van der Waals surface area contributed by atoms with E-state index in [1.165, 1.54) is 17.6 Å². The van der Waals surface area contributed by atoms with Gasteiger partial charge in [-0.25, -0.2) is 19.9 Å². The smallest absolute Gasteiger partial charge is 0.255 e. The summed E-state index contributed by atoms with van der Waals surface area (Å²) < 4.78 is 16.8. The summed E-state index contributed by atoms with van der Waals surface area (Å²) in [5, 5.41) is 11.4. The summed E-state index contributed by atoms with van der Waals surface area (Å²) in [5.74, 6) is 3.07. The Morgan fingerprint density at radius 2 is 1.88 bits per heavy atom. The average molecular weight is 584 g/mol. The van der Waals surface area contributed by atoms with E-state index in [-0.39, 0.29) is 0 Å². The molecule has 204 valence electrons. The first kappa shape index (κ1) is 25.2. The van der Waals surface area contributed by atoms with Gasteiger partial charge >= 0.3 is 0 Å². The highest BCUT2D eigenvalue weighted by Gasteiger charge is 2.23. The topological polar surface area (TPSA) is 128 Å². The Morgan fingerprint density at radius 3 is 2.59 bits per heavy atom. The van der Waals surface area contributed by atoms with Crippen LogP contribution in [0.25, 0.3) is 55.2 Å². The maximum absolute atomic E-state index is 6.17. The van der Waals surface area contributed by atoms with E-state index < -0.39 is 0 Å². The molecule has 0 saturated heterocycles. The van der Waals surface area contributed by atoms with Gasteiger partial charge < -0.3 is 24.0 Å². The van der Waals surface area contributed by atoms with Gasteiger partial charge in [-0.2, -0.15) is 0 Å². The maximum Gasteiger partial charge on any atom is 0.255 e. The lowest BCUT2D eigenvalue weighted by atomic mass is 10.0. The highest BCUT2D eigenvalue weighted by Crippen LogP contribution is 2.43. The fourth-order valence-corrected chi connectivity index (χ4v) is 6.05. The van der Waals surface area contributed by atoms with E-state index in [0.717, 1.165) is 55.1 Å². The van der Waals surface area contributed by atoms with Crippen LogP contribution in [0, 0.1) is 20.8 Å². The van der Waals surface area contributed by atoms with Crippen molar-refractivity contribution in [2.75, 3.05) is 12.4 Å². The minimum Gasteiger partial charge on any atom is -0.496 e. The Bertz CT molecular complexity index is 2040. The minimum atomic E-state index is 0.436. The first-order valence-corrected chi connectivity index (χ1v) is 13.8. The third-order valence-electron chi connectivity index (χ3n) is 6.78. The molecule has 0 radical (unpaired) electrons. The molecule has 0 aliphatic carbocycles. The van der Waals surface area contributed by atoms with Gasteiger partial charge in [0.15, 0.2) is 5.01 Å². The van der Waals surface area contributed by atoms with Gasteiger partial charge in [0.05, 0.1) is 30.0 Å². The highest BCUT2D eigenvalue weighted by molar-refractivity contribution is 7.19. The van der Waals surface area contributed by atoms with Gasteiger partial charge in [0, 0.05) is 27.1 Å². The third kappa shape index (κ3) is 4.30. The zero-order valence-corrected chi connectivity index (χ0v) is 23.9. The van der Waals surface area contributed by atoms with Crippen molar-refractivity contribution in [3.63, 3.8) is 0 Å². The number of fused-ring (bicyclic) bond motifs is 3. The lowest BCUT2D eigenvalue weighted by molar-refractivity contribution is 0.393. The summed E-state index contributed by atoms with van der Waals surface area (Å²) in [7, 11) is 1.65. The molecule has 0 saturated carbocycles. The summed E-state index contributed by atoms with van der Waals surface area (Å²) in [5.41, 5.74) is 5.75. The number of nitrogens with zero attached hydrogens (tertiary/aromatic N) is 5. The Hall–Kier alpha value is -4.74. The summed E-state index contributed by atoms with van der Waals surface area (Å²) >= 11 is 7.59. The van der Waals surface area contributed by atoms with Gasteiger partial charge in [0.2, 0.25) is 0 Å². The quantitative estimate of drug-likeness (QED) is 0.201. The molecule has 12 heteroatoms. The molecular formula is C29H22ClN7O3S. The van der Waals surface area contributed by atoms with Crippen molar-refractivity contribution in [1.29, 1.82) is 0 Å². The number of oxazole rings is 1. The van der Waals surface area contributed by atoms with Gasteiger partial charge in [-0.3, -0.25) is 0 Å². The van der Waals surface area contributed by atoms with Crippen LogP contribution in [0.3, 0.4) is 0 Å². The van der Waals surface area contributed by atoms with Crippen LogP contribution in [-0.2, 0) is 0 Å². The van der Waals surface area contributed by atoms with Gasteiger partial charge in [-0.15, -0.1) is 0 Å². The number of nitrogens with one attached hydrogen (secondary N) is 2. The standard InChI is InChI=1S/C29H22ClN7O3S/c1-13-22(14(2)40-37-13)19-11-20-18(12-21(19)38-4)23-25(34-20)32-15(3)33-26(23)36-28-24(16-5-7-17(30)8-6-16)35-29(41-28)27-31-9-10-39-27/h5-12H,1-4H3,(H2,32,33,34,36). The van der Waals surface area contributed by atoms with Crippen molar-refractivity contribution >= 4 is 55.7 Å². The van der Waals surface area contributed by atoms with Crippen LogP contribution in [0.5, 0.6) is 5.75 Å². The number of ether oxygens (including phenoxy) is 1.